The molecule has 8 heteroatoms. The maximum absolute atomic E-state index is 11.9. The Balaban J connectivity index is 2.64. The van der Waals surface area contributed by atoms with Crippen LogP contribution in [0.1, 0.15) is 6.42 Å². The summed E-state index contributed by atoms with van der Waals surface area (Å²) in [4.78, 5) is 0. The van der Waals surface area contributed by atoms with Crippen LogP contribution in [-0.2, 0) is 13.7 Å². The Labute approximate surface area is 82.6 Å². The Bertz CT molecular complexity index is 320. The zero-order chi connectivity index (χ0) is 10.8. The van der Waals surface area contributed by atoms with Crippen molar-refractivity contribution in [1.29, 1.82) is 0 Å². The highest BCUT2D eigenvalue weighted by atomic mass is 32.3. The molecule has 14 heavy (non-hydrogen) atoms. The normalized spacial score (nSPS) is 26.4. The lowest BCUT2D eigenvalue weighted by Gasteiger charge is -2.22. The summed E-state index contributed by atoms with van der Waals surface area (Å²) in [5.41, 5.74) is -5.31. The van der Waals surface area contributed by atoms with Crippen LogP contribution in [0.4, 0.5) is 13.2 Å². The Morgan fingerprint density at radius 3 is 2.36 bits per heavy atom. The van der Waals surface area contributed by atoms with Gasteiger partial charge in [-0.3, -0.25) is 0 Å². The summed E-state index contributed by atoms with van der Waals surface area (Å²) >= 11 is -1.52. The van der Waals surface area contributed by atoms with E-state index in [2.05, 4.69) is 3.63 Å². The molecule has 0 aromatic rings. The third-order valence-corrected chi connectivity index (χ3v) is 5.08. The van der Waals surface area contributed by atoms with Gasteiger partial charge in [0.25, 0.3) is 0 Å². The monoisotopic (exact) mass is 250 g/mol. The molecule has 1 heterocycles. The van der Waals surface area contributed by atoms with Crippen LogP contribution in [0.25, 0.3) is 0 Å². The van der Waals surface area contributed by atoms with E-state index in [9.17, 15) is 21.6 Å². The van der Waals surface area contributed by atoms with E-state index in [0.29, 0.717) is 12.2 Å². The highest BCUT2D eigenvalue weighted by Crippen LogP contribution is 2.38. The van der Waals surface area contributed by atoms with Gasteiger partial charge < -0.3 is 0 Å². The number of alkyl halides is 3. The number of allylic oxidation sites excluding steroid dienone is 1. The van der Waals surface area contributed by atoms with E-state index in [4.69, 9.17) is 0 Å². The van der Waals surface area contributed by atoms with Gasteiger partial charge in [-0.25, -0.2) is 3.63 Å². The molecule has 0 amide bonds. The fourth-order valence-electron chi connectivity index (χ4n) is 0.868. The second-order valence-corrected chi connectivity index (χ2v) is 6.37. The summed E-state index contributed by atoms with van der Waals surface area (Å²) in [7, 11) is -5.40. The van der Waals surface area contributed by atoms with Crippen molar-refractivity contribution in [2.24, 2.45) is 0 Å². The number of hydrogen-bond donors (Lipinski definition) is 1. The maximum atomic E-state index is 11.9. The summed E-state index contributed by atoms with van der Waals surface area (Å²) in [6, 6.07) is 0. The van der Waals surface area contributed by atoms with Crippen molar-refractivity contribution in [3.05, 3.63) is 12.2 Å². The summed E-state index contributed by atoms with van der Waals surface area (Å²) in [6.45, 7) is 0. The number of rotatable bonds is 2. The molecule has 0 fully saturated rings. The molecule has 0 saturated carbocycles. The Morgan fingerprint density at radius 2 is 1.93 bits per heavy atom. The Hall–Kier alpha value is -0.210. The van der Waals surface area contributed by atoms with Gasteiger partial charge in [0.2, 0.25) is 0 Å². The minimum atomic E-state index is -5.40. The minimum Gasteiger partial charge on any atom is -0.216 e. The smallest absolute Gasteiger partial charge is 0.216 e. The Kier molecular flexibility index (Phi) is 3.49. The zero-order valence-electron chi connectivity index (χ0n) is 6.99. The SMILES string of the molecule is O=S(=O)(O[SH]1CC=CCC1)C(F)(F)F. The van der Waals surface area contributed by atoms with Gasteiger partial charge in [0.05, 0.1) is 0 Å². The van der Waals surface area contributed by atoms with Crippen molar-refractivity contribution in [2.75, 3.05) is 11.5 Å². The van der Waals surface area contributed by atoms with E-state index in [1.54, 1.807) is 12.2 Å². The molecular formula is C6H9F3O3S2. The van der Waals surface area contributed by atoms with Crippen LogP contribution in [0.15, 0.2) is 12.2 Å². The quantitative estimate of drug-likeness (QED) is 0.461. The predicted molar refractivity (Wildman–Crippen MR) is 48.5 cm³/mol. The van der Waals surface area contributed by atoms with Gasteiger partial charge in [0.15, 0.2) is 0 Å². The van der Waals surface area contributed by atoms with Crippen LogP contribution >= 0.6 is 11.2 Å². The van der Waals surface area contributed by atoms with Crippen molar-refractivity contribution < 1.29 is 25.2 Å². The third kappa shape index (κ3) is 2.89. The number of thiol groups is 1. The van der Waals surface area contributed by atoms with Crippen molar-refractivity contribution in [3.63, 3.8) is 0 Å². The first-order chi connectivity index (χ1) is 6.33. The van der Waals surface area contributed by atoms with Gasteiger partial charge >= 0.3 is 15.6 Å². The fourth-order valence-corrected chi connectivity index (χ4v) is 3.86. The second kappa shape index (κ2) is 4.11. The first-order valence-electron chi connectivity index (χ1n) is 3.74. The summed E-state index contributed by atoms with van der Waals surface area (Å²) in [5.74, 6) is 0.631. The lowest BCUT2D eigenvalue weighted by atomic mass is 10.4. The topological polar surface area (TPSA) is 43.4 Å². The highest BCUT2D eigenvalue weighted by molar-refractivity contribution is 8.18. The molecule has 0 saturated heterocycles. The van der Waals surface area contributed by atoms with E-state index in [1.165, 1.54) is 0 Å². The molecule has 1 aliphatic rings. The Morgan fingerprint density at radius 1 is 1.29 bits per heavy atom. The maximum Gasteiger partial charge on any atom is 0.523 e. The first-order valence-corrected chi connectivity index (χ1v) is 6.77. The van der Waals surface area contributed by atoms with Gasteiger partial charge in [-0.2, -0.15) is 21.6 Å². The average molecular weight is 250 g/mol. The largest absolute Gasteiger partial charge is 0.523 e. The van der Waals surface area contributed by atoms with Crippen LogP contribution < -0.4 is 0 Å². The predicted octanol–water partition coefficient (Wildman–Crippen LogP) is 1.73. The highest BCUT2D eigenvalue weighted by Gasteiger charge is 2.48. The van der Waals surface area contributed by atoms with Gasteiger partial charge in [0, 0.05) is 11.5 Å². The molecule has 0 spiro atoms. The van der Waals surface area contributed by atoms with Crippen LogP contribution in [0.5, 0.6) is 0 Å². The van der Waals surface area contributed by atoms with E-state index >= 15 is 0 Å². The van der Waals surface area contributed by atoms with Crippen molar-refractivity contribution in [2.45, 2.75) is 11.9 Å². The van der Waals surface area contributed by atoms with Gasteiger partial charge in [-0.1, -0.05) is 12.2 Å². The van der Waals surface area contributed by atoms with Crippen LogP contribution in [0, 0.1) is 0 Å². The molecule has 0 radical (unpaired) electrons. The lowest BCUT2D eigenvalue weighted by molar-refractivity contribution is -0.0495. The zero-order valence-corrected chi connectivity index (χ0v) is 8.70. The van der Waals surface area contributed by atoms with Gasteiger partial charge in [-0.15, -0.1) is 11.2 Å². The molecule has 3 nitrogen and oxygen atoms in total. The molecule has 0 aromatic carbocycles. The molecule has 1 aliphatic heterocycles. The average Bonchev–Trinajstić information content (AvgIpc) is 2.03. The minimum absolute atomic E-state index is 0.268. The lowest BCUT2D eigenvalue weighted by Crippen LogP contribution is -2.25. The number of halogens is 3. The van der Waals surface area contributed by atoms with Crippen molar-refractivity contribution in [1.82, 2.24) is 0 Å². The molecule has 1 unspecified atom stereocenters. The standard InChI is InChI=1S/C6H9F3O3S2/c7-6(8,9)14(10,11)12-13-4-2-1-3-5-13/h1-2,13H,3-5H2. The molecular weight excluding hydrogens is 241 g/mol. The summed E-state index contributed by atoms with van der Waals surface area (Å²) in [5, 5.41) is 0. The van der Waals surface area contributed by atoms with E-state index in [0.717, 1.165) is 0 Å². The van der Waals surface area contributed by atoms with Crippen LogP contribution in [-0.4, -0.2) is 25.4 Å². The molecule has 0 N–H and O–H groups in total. The van der Waals surface area contributed by atoms with Gasteiger partial charge in [-0.05, 0) is 6.42 Å². The molecule has 0 bridgehead atoms. The number of hydrogen-bond acceptors (Lipinski definition) is 3. The van der Waals surface area contributed by atoms with Crippen LogP contribution in [0.2, 0.25) is 0 Å². The van der Waals surface area contributed by atoms with E-state index < -0.39 is 26.8 Å². The first kappa shape index (κ1) is 11.9. The summed E-state index contributed by atoms with van der Waals surface area (Å²) < 4.78 is 60.8. The van der Waals surface area contributed by atoms with Crippen LogP contribution in [0.3, 0.4) is 0 Å². The molecule has 1 atom stereocenters. The van der Waals surface area contributed by atoms with E-state index in [1.807, 2.05) is 0 Å². The van der Waals surface area contributed by atoms with Gasteiger partial charge in [0.1, 0.15) is 0 Å². The molecule has 84 valence electrons. The second-order valence-electron chi connectivity index (χ2n) is 2.62. The summed E-state index contributed by atoms with van der Waals surface area (Å²) in [6.07, 6.45) is 4.00. The molecule has 0 aromatic heterocycles. The third-order valence-electron chi connectivity index (χ3n) is 1.51. The van der Waals surface area contributed by atoms with E-state index in [-0.39, 0.29) is 5.75 Å². The van der Waals surface area contributed by atoms with Crippen molar-refractivity contribution >= 4 is 21.3 Å². The molecule has 1 rings (SSSR count). The van der Waals surface area contributed by atoms with Crippen molar-refractivity contribution in [3.8, 4) is 0 Å². The molecule has 0 aliphatic carbocycles. The fraction of sp³-hybridized carbons (Fsp3) is 0.667.